The van der Waals surface area contributed by atoms with Gasteiger partial charge in [-0.05, 0) is 17.5 Å². The first-order valence-corrected chi connectivity index (χ1v) is 5.66. The Kier molecular flexibility index (Phi) is 2.60. The first-order valence-electron chi connectivity index (χ1n) is 5.66. The van der Waals surface area contributed by atoms with Crippen molar-refractivity contribution in [3.8, 4) is 0 Å². The Morgan fingerprint density at radius 2 is 2.11 bits per heavy atom. The lowest BCUT2D eigenvalue weighted by Gasteiger charge is -2.03. The van der Waals surface area contributed by atoms with E-state index < -0.39 is 0 Å². The first kappa shape index (κ1) is 11.2. The summed E-state index contributed by atoms with van der Waals surface area (Å²) in [6.07, 6.45) is 3.04. The van der Waals surface area contributed by atoms with Gasteiger partial charge in [-0.3, -0.25) is 14.7 Å². The van der Waals surface area contributed by atoms with Crippen LogP contribution in [-0.2, 0) is 0 Å². The van der Waals surface area contributed by atoms with E-state index in [4.69, 9.17) is 0 Å². The fraction of sp³-hybridized carbons (Fsp3) is 0. The number of aromatic amines is 2. The van der Waals surface area contributed by atoms with Gasteiger partial charge in [0.15, 0.2) is 0 Å². The number of carbonyl (C=O) groups excluding carboxylic acids is 1. The van der Waals surface area contributed by atoms with E-state index in [1.54, 1.807) is 30.5 Å². The number of hydrogen-bond acceptors (Lipinski definition) is 3. The molecule has 2 aromatic heterocycles. The van der Waals surface area contributed by atoms with Crippen LogP contribution in [0.2, 0.25) is 0 Å². The van der Waals surface area contributed by atoms with E-state index in [0.717, 1.165) is 5.39 Å². The van der Waals surface area contributed by atoms with Gasteiger partial charge in [0, 0.05) is 11.6 Å². The van der Waals surface area contributed by atoms with Crippen LogP contribution in [-0.4, -0.2) is 21.1 Å². The van der Waals surface area contributed by atoms with Crippen molar-refractivity contribution in [2.75, 3.05) is 5.32 Å². The third-order valence-electron chi connectivity index (χ3n) is 2.75. The maximum Gasteiger partial charge on any atom is 0.272 e. The van der Waals surface area contributed by atoms with Crippen molar-refractivity contribution in [1.82, 2.24) is 15.2 Å². The van der Waals surface area contributed by atoms with Gasteiger partial charge in [0.1, 0.15) is 5.69 Å². The number of benzene rings is 1. The lowest BCUT2D eigenvalue weighted by molar-refractivity contribution is 0.102. The number of fused-ring (bicyclic) bond motifs is 1. The molecule has 2 heterocycles. The van der Waals surface area contributed by atoms with Gasteiger partial charge in [0.2, 0.25) is 0 Å². The summed E-state index contributed by atoms with van der Waals surface area (Å²) in [6, 6.07) is 8.75. The second-order valence-electron chi connectivity index (χ2n) is 4.04. The highest BCUT2D eigenvalue weighted by atomic mass is 16.2. The van der Waals surface area contributed by atoms with Gasteiger partial charge in [0.05, 0.1) is 11.9 Å². The molecule has 1 aromatic carbocycles. The summed E-state index contributed by atoms with van der Waals surface area (Å²) in [5.41, 5.74) is 0.472. The summed E-state index contributed by atoms with van der Waals surface area (Å²) in [5, 5.41) is 10.2. The van der Waals surface area contributed by atoms with Gasteiger partial charge in [-0.15, -0.1) is 0 Å². The molecule has 0 aliphatic rings. The molecule has 94 valence electrons. The molecule has 19 heavy (non-hydrogen) atoms. The molecule has 0 fully saturated rings. The van der Waals surface area contributed by atoms with E-state index in [0.29, 0.717) is 11.1 Å². The predicted octanol–water partition coefficient (Wildman–Crippen LogP) is 1.50. The lowest BCUT2D eigenvalue weighted by Crippen LogP contribution is -2.18. The van der Waals surface area contributed by atoms with Crippen molar-refractivity contribution in [2.45, 2.75) is 0 Å². The third-order valence-corrected chi connectivity index (χ3v) is 2.75. The molecule has 1 amide bonds. The van der Waals surface area contributed by atoms with Gasteiger partial charge >= 0.3 is 0 Å². The van der Waals surface area contributed by atoms with Gasteiger partial charge < -0.3 is 10.3 Å². The van der Waals surface area contributed by atoms with E-state index in [-0.39, 0.29) is 17.2 Å². The number of carbonyl (C=O) groups is 1. The van der Waals surface area contributed by atoms with Crippen LogP contribution >= 0.6 is 0 Å². The number of aromatic nitrogens is 3. The van der Waals surface area contributed by atoms with Crippen LogP contribution < -0.4 is 10.9 Å². The van der Waals surface area contributed by atoms with Crippen LogP contribution in [0.3, 0.4) is 0 Å². The summed E-state index contributed by atoms with van der Waals surface area (Å²) in [4.78, 5) is 26.4. The number of nitrogens with one attached hydrogen (secondary N) is 3. The molecule has 0 saturated heterocycles. The summed E-state index contributed by atoms with van der Waals surface area (Å²) >= 11 is 0. The highest BCUT2D eigenvalue weighted by molar-refractivity contribution is 6.04. The average molecular weight is 254 g/mol. The number of anilines is 1. The van der Waals surface area contributed by atoms with E-state index in [1.807, 2.05) is 6.07 Å². The van der Waals surface area contributed by atoms with E-state index in [1.165, 1.54) is 6.20 Å². The molecule has 3 aromatic rings. The molecule has 3 N–H and O–H groups in total. The highest BCUT2D eigenvalue weighted by Crippen LogP contribution is 2.11. The smallest absolute Gasteiger partial charge is 0.272 e. The van der Waals surface area contributed by atoms with Crippen LogP contribution in [0.25, 0.3) is 10.8 Å². The largest absolute Gasteiger partial charge is 0.318 e. The Balaban J connectivity index is 2.01. The summed E-state index contributed by atoms with van der Waals surface area (Å²) in [5.74, 6) is -0.385. The molecule has 0 atom stereocenters. The number of rotatable bonds is 2. The van der Waals surface area contributed by atoms with Gasteiger partial charge in [0.25, 0.3) is 11.5 Å². The van der Waals surface area contributed by atoms with Crippen LogP contribution in [0, 0.1) is 0 Å². The normalized spacial score (nSPS) is 10.5. The quantitative estimate of drug-likeness (QED) is 0.647. The standard InChI is InChI=1S/C13H10N4O2/c18-12-10-4-2-1-3-8(10)5-11(17-12)13(19)16-9-6-14-15-7-9/h1-7H,(H,14,15)(H,16,19)(H,17,18). The number of amides is 1. The molecule has 6 heteroatoms. The maximum absolute atomic E-state index is 12.0. The number of nitrogens with zero attached hydrogens (tertiary/aromatic N) is 1. The van der Waals surface area contributed by atoms with Crippen molar-refractivity contribution in [3.05, 3.63) is 58.8 Å². The van der Waals surface area contributed by atoms with Gasteiger partial charge in [-0.2, -0.15) is 5.10 Å². The Labute approximate surface area is 107 Å². The second-order valence-corrected chi connectivity index (χ2v) is 4.04. The minimum Gasteiger partial charge on any atom is -0.318 e. The average Bonchev–Trinajstić information content (AvgIpc) is 2.91. The minimum atomic E-state index is -0.385. The number of hydrogen-bond donors (Lipinski definition) is 3. The molecular weight excluding hydrogens is 244 g/mol. The van der Waals surface area contributed by atoms with Crippen molar-refractivity contribution in [2.24, 2.45) is 0 Å². The molecule has 0 spiro atoms. The van der Waals surface area contributed by atoms with Crippen LogP contribution in [0.1, 0.15) is 10.5 Å². The van der Waals surface area contributed by atoms with Gasteiger partial charge in [-0.25, -0.2) is 0 Å². The van der Waals surface area contributed by atoms with E-state index in [9.17, 15) is 9.59 Å². The van der Waals surface area contributed by atoms with Crippen molar-refractivity contribution >= 4 is 22.4 Å². The fourth-order valence-corrected chi connectivity index (χ4v) is 1.85. The van der Waals surface area contributed by atoms with Crippen molar-refractivity contribution in [3.63, 3.8) is 0 Å². The molecule has 0 saturated carbocycles. The topological polar surface area (TPSA) is 90.6 Å². The summed E-state index contributed by atoms with van der Waals surface area (Å²) < 4.78 is 0. The summed E-state index contributed by atoms with van der Waals surface area (Å²) in [6.45, 7) is 0. The predicted molar refractivity (Wildman–Crippen MR) is 71.1 cm³/mol. The first-order chi connectivity index (χ1) is 9.24. The third kappa shape index (κ3) is 2.11. The molecular formula is C13H10N4O2. The molecule has 0 bridgehead atoms. The Bertz CT molecular complexity index is 790. The molecule has 0 radical (unpaired) electrons. The van der Waals surface area contributed by atoms with E-state index in [2.05, 4.69) is 20.5 Å². The fourth-order valence-electron chi connectivity index (χ4n) is 1.85. The van der Waals surface area contributed by atoms with Crippen LogP contribution in [0.15, 0.2) is 47.5 Å². The Morgan fingerprint density at radius 3 is 2.89 bits per heavy atom. The number of pyridine rings is 1. The molecule has 3 rings (SSSR count). The highest BCUT2D eigenvalue weighted by Gasteiger charge is 2.09. The van der Waals surface area contributed by atoms with E-state index >= 15 is 0 Å². The maximum atomic E-state index is 12.0. The van der Waals surface area contributed by atoms with Gasteiger partial charge in [-0.1, -0.05) is 18.2 Å². The SMILES string of the molecule is O=C(Nc1cn[nH]c1)c1cc2ccccc2c(=O)[nH]1. The molecule has 0 unspecified atom stereocenters. The van der Waals surface area contributed by atoms with Crippen LogP contribution in [0.4, 0.5) is 5.69 Å². The molecule has 0 aliphatic carbocycles. The van der Waals surface area contributed by atoms with Crippen molar-refractivity contribution < 1.29 is 4.79 Å². The monoisotopic (exact) mass is 254 g/mol. The Morgan fingerprint density at radius 1 is 1.26 bits per heavy atom. The lowest BCUT2D eigenvalue weighted by atomic mass is 10.1. The zero-order valence-corrected chi connectivity index (χ0v) is 9.81. The zero-order valence-electron chi connectivity index (χ0n) is 9.81. The summed E-state index contributed by atoms with van der Waals surface area (Å²) in [7, 11) is 0. The zero-order chi connectivity index (χ0) is 13.2. The Hall–Kier alpha value is -2.89. The molecule has 6 nitrogen and oxygen atoms in total. The second kappa shape index (κ2) is 4.41. The molecule has 0 aliphatic heterocycles. The van der Waals surface area contributed by atoms with Crippen molar-refractivity contribution in [1.29, 1.82) is 0 Å². The number of H-pyrrole nitrogens is 2. The van der Waals surface area contributed by atoms with Crippen LogP contribution in [0.5, 0.6) is 0 Å². The minimum absolute atomic E-state index is 0.213.